The van der Waals surface area contributed by atoms with Crippen molar-refractivity contribution in [2.75, 3.05) is 7.11 Å². The van der Waals surface area contributed by atoms with Crippen LogP contribution in [0.25, 0.3) is 16.9 Å². The van der Waals surface area contributed by atoms with Gasteiger partial charge in [-0.25, -0.2) is 4.68 Å². The van der Waals surface area contributed by atoms with Crippen molar-refractivity contribution >= 4 is 39.1 Å². The van der Waals surface area contributed by atoms with Crippen molar-refractivity contribution in [3.8, 4) is 22.7 Å². The van der Waals surface area contributed by atoms with E-state index in [1.807, 2.05) is 42.5 Å². The van der Waals surface area contributed by atoms with Crippen molar-refractivity contribution in [3.05, 3.63) is 87.2 Å². The molecule has 0 fully saturated rings. The molecule has 156 valence electrons. The molecule has 0 saturated heterocycles. The molecule has 4 rings (SSSR count). The van der Waals surface area contributed by atoms with Crippen molar-refractivity contribution in [1.82, 2.24) is 20.6 Å². The standard InChI is InChI=1S/C22H17BrN4O3S/c1-30-16-9-7-14(8-10-16)20-17(13-27(26-20)15-5-3-2-4-6-15)21(28)24-25-22(29)18-11-12-19(23)31-18/h2-13H,1H3,(H,24,28)(H,25,29). The molecule has 0 unspecified atom stereocenters. The zero-order valence-corrected chi connectivity index (χ0v) is 18.7. The molecule has 2 aromatic carbocycles. The maximum Gasteiger partial charge on any atom is 0.279 e. The summed E-state index contributed by atoms with van der Waals surface area (Å²) in [6.07, 6.45) is 1.64. The summed E-state index contributed by atoms with van der Waals surface area (Å²) >= 11 is 4.59. The van der Waals surface area contributed by atoms with Crippen LogP contribution in [-0.4, -0.2) is 28.7 Å². The van der Waals surface area contributed by atoms with E-state index in [2.05, 4.69) is 31.9 Å². The number of nitrogens with one attached hydrogen (secondary N) is 2. The second kappa shape index (κ2) is 9.15. The van der Waals surface area contributed by atoms with Gasteiger partial charge in [0.15, 0.2) is 0 Å². The first kappa shape index (κ1) is 20.8. The number of carbonyl (C=O) groups excluding carboxylic acids is 2. The Kier molecular flexibility index (Phi) is 6.15. The monoisotopic (exact) mass is 496 g/mol. The number of methoxy groups -OCH3 is 1. The van der Waals surface area contributed by atoms with Crippen LogP contribution in [0.2, 0.25) is 0 Å². The minimum absolute atomic E-state index is 0.321. The quantitative estimate of drug-likeness (QED) is 0.399. The summed E-state index contributed by atoms with van der Waals surface area (Å²) in [5.74, 6) is -0.172. The second-order valence-electron chi connectivity index (χ2n) is 6.41. The van der Waals surface area contributed by atoms with Crippen LogP contribution in [0.3, 0.4) is 0 Å². The number of aromatic nitrogens is 2. The van der Waals surface area contributed by atoms with Crippen molar-refractivity contribution < 1.29 is 14.3 Å². The fraction of sp³-hybridized carbons (Fsp3) is 0.0455. The summed E-state index contributed by atoms with van der Waals surface area (Å²) < 4.78 is 7.67. The maximum absolute atomic E-state index is 12.9. The van der Waals surface area contributed by atoms with Gasteiger partial charge in [-0.1, -0.05) is 18.2 Å². The molecule has 2 amide bonds. The van der Waals surface area contributed by atoms with Crippen molar-refractivity contribution in [1.29, 1.82) is 0 Å². The molecule has 0 saturated carbocycles. The van der Waals surface area contributed by atoms with E-state index < -0.39 is 11.8 Å². The van der Waals surface area contributed by atoms with E-state index in [-0.39, 0.29) is 0 Å². The lowest BCUT2D eigenvalue weighted by atomic mass is 10.1. The van der Waals surface area contributed by atoms with Crippen LogP contribution in [0.5, 0.6) is 5.75 Å². The number of hydrogen-bond donors (Lipinski definition) is 2. The predicted octanol–water partition coefficient (Wildman–Crippen LogP) is 4.45. The average Bonchev–Trinajstić information content (AvgIpc) is 3.45. The van der Waals surface area contributed by atoms with E-state index in [1.165, 1.54) is 11.3 Å². The molecule has 0 aliphatic heterocycles. The molecule has 0 aliphatic carbocycles. The normalized spacial score (nSPS) is 10.5. The van der Waals surface area contributed by atoms with Gasteiger partial charge in [0, 0.05) is 11.8 Å². The van der Waals surface area contributed by atoms with Gasteiger partial charge < -0.3 is 4.74 Å². The third kappa shape index (κ3) is 4.68. The number of thiophene rings is 1. The van der Waals surface area contributed by atoms with Gasteiger partial charge in [-0.15, -0.1) is 11.3 Å². The van der Waals surface area contributed by atoms with Crippen molar-refractivity contribution in [2.24, 2.45) is 0 Å². The van der Waals surface area contributed by atoms with Crippen molar-refractivity contribution in [3.63, 3.8) is 0 Å². The smallest absolute Gasteiger partial charge is 0.279 e. The highest BCUT2D eigenvalue weighted by molar-refractivity contribution is 9.11. The molecule has 0 aliphatic rings. The molecule has 0 spiro atoms. The maximum atomic E-state index is 12.9. The Morgan fingerprint density at radius 2 is 1.68 bits per heavy atom. The SMILES string of the molecule is COc1ccc(-c2nn(-c3ccccc3)cc2C(=O)NNC(=O)c2ccc(Br)s2)cc1. The summed E-state index contributed by atoms with van der Waals surface area (Å²) in [4.78, 5) is 25.7. The zero-order valence-electron chi connectivity index (χ0n) is 16.3. The third-order valence-corrected chi connectivity index (χ3v) is 6.05. The van der Waals surface area contributed by atoms with Crippen LogP contribution in [0, 0.1) is 0 Å². The molecule has 9 heteroatoms. The van der Waals surface area contributed by atoms with Gasteiger partial charge in [0.1, 0.15) is 11.4 Å². The highest BCUT2D eigenvalue weighted by Crippen LogP contribution is 2.26. The van der Waals surface area contributed by atoms with Crippen LogP contribution >= 0.6 is 27.3 Å². The highest BCUT2D eigenvalue weighted by Gasteiger charge is 2.20. The average molecular weight is 497 g/mol. The van der Waals surface area contributed by atoms with Gasteiger partial charge in [-0.3, -0.25) is 20.4 Å². The van der Waals surface area contributed by atoms with Crippen LogP contribution < -0.4 is 15.6 Å². The number of carbonyl (C=O) groups is 2. The first-order valence-corrected chi connectivity index (χ1v) is 10.8. The Morgan fingerprint density at radius 1 is 0.968 bits per heavy atom. The number of ether oxygens (including phenoxy) is 1. The van der Waals surface area contributed by atoms with Gasteiger partial charge >= 0.3 is 0 Å². The molecule has 0 atom stereocenters. The Hall–Kier alpha value is -3.43. The summed E-state index contributed by atoms with van der Waals surface area (Å²) in [6.45, 7) is 0. The number of amides is 2. The molecule has 2 heterocycles. The van der Waals surface area contributed by atoms with Gasteiger partial charge in [-0.05, 0) is 64.5 Å². The molecular weight excluding hydrogens is 480 g/mol. The molecule has 2 N–H and O–H groups in total. The summed E-state index contributed by atoms with van der Waals surface area (Å²) in [5.41, 5.74) is 7.29. The van der Waals surface area contributed by atoms with Gasteiger partial charge in [0.25, 0.3) is 11.8 Å². The lowest BCUT2D eigenvalue weighted by molar-refractivity contribution is 0.0849. The van der Waals surface area contributed by atoms with E-state index in [0.29, 0.717) is 21.9 Å². The first-order chi connectivity index (χ1) is 15.0. The number of benzene rings is 2. The fourth-order valence-electron chi connectivity index (χ4n) is 2.89. The van der Waals surface area contributed by atoms with Crippen LogP contribution in [-0.2, 0) is 0 Å². The molecule has 0 bridgehead atoms. The third-order valence-electron chi connectivity index (χ3n) is 4.43. The second-order valence-corrected chi connectivity index (χ2v) is 8.88. The Balaban J connectivity index is 1.63. The van der Waals surface area contributed by atoms with Gasteiger partial charge in [0.2, 0.25) is 0 Å². The predicted molar refractivity (Wildman–Crippen MR) is 123 cm³/mol. The molecule has 4 aromatic rings. The summed E-state index contributed by atoms with van der Waals surface area (Å²) in [5, 5.41) is 4.61. The van der Waals surface area contributed by atoms with Crippen molar-refractivity contribution in [2.45, 2.75) is 0 Å². The Labute approximate surface area is 190 Å². The van der Waals surface area contributed by atoms with E-state index in [1.54, 1.807) is 42.3 Å². The zero-order chi connectivity index (χ0) is 21.8. The molecule has 2 aromatic heterocycles. The topological polar surface area (TPSA) is 85.2 Å². The number of hydrazine groups is 1. The first-order valence-electron chi connectivity index (χ1n) is 9.20. The highest BCUT2D eigenvalue weighted by atomic mass is 79.9. The van der Waals surface area contributed by atoms with E-state index in [0.717, 1.165) is 15.0 Å². The molecule has 0 radical (unpaired) electrons. The molecular formula is C22H17BrN4O3S. The van der Waals surface area contributed by atoms with E-state index >= 15 is 0 Å². The number of para-hydroxylation sites is 1. The fourth-order valence-corrected chi connectivity index (χ4v) is 4.18. The van der Waals surface area contributed by atoms with Gasteiger partial charge in [0.05, 0.1) is 27.0 Å². The summed E-state index contributed by atoms with van der Waals surface area (Å²) in [7, 11) is 1.59. The molecule has 31 heavy (non-hydrogen) atoms. The Morgan fingerprint density at radius 3 is 2.32 bits per heavy atom. The Bertz CT molecular complexity index is 1220. The van der Waals surface area contributed by atoms with Crippen LogP contribution in [0.1, 0.15) is 20.0 Å². The summed E-state index contributed by atoms with van der Waals surface area (Å²) in [6, 6.07) is 20.2. The van der Waals surface area contributed by atoms with Crippen LogP contribution in [0.15, 0.2) is 76.7 Å². The van der Waals surface area contributed by atoms with E-state index in [4.69, 9.17) is 4.74 Å². The minimum Gasteiger partial charge on any atom is -0.497 e. The number of hydrogen-bond acceptors (Lipinski definition) is 5. The molecule has 7 nitrogen and oxygen atoms in total. The number of rotatable bonds is 5. The van der Waals surface area contributed by atoms with E-state index in [9.17, 15) is 9.59 Å². The lowest BCUT2D eigenvalue weighted by Crippen LogP contribution is -2.41. The van der Waals surface area contributed by atoms with Gasteiger partial charge in [-0.2, -0.15) is 5.10 Å². The van der Waals surface area contributed by atoms with Crippen LogP contribution in [0.4, 0.5) is 0 Å². The lowest BCUT2D eigenvalue weighted by Gasteiger charge is -2.07. The minimum atomic E-state index is -0.475. The largest absolute Gasteiger partial charge is 0.497 e. The number of halogens is 1. The number of nitrogens with zero attached hydrogens (tertiary/aromatic N) is 2.